The molecule has 6 nitrogen and oxygen atoms in total. The Morgan fingerprint density at radius 2 is 1.10 bits per heavy atom. The van der Waals surface area contributed by atoms with Crippen molar-refractivity contribution in [3.05, 3.63) is 89.5 Å². The molecular formula is C23H21N3O3. The van der Waals surface area contributed by atoms with Gasteiger partial charge in [0.25, 0.3) is 11.8 Å². The van der Waals surface area contributed by atoms with Gasteiger partial charge in [0.1, 0.15) is 0 Å². The molecule has 0 spiro atoms. The normalized spacial score (nSPS) is 10.1. The number of anilines is 3. The molecule has 0 aliphatic heterocycles. The lowest BCUT2D eigenvalue weighted by Gasteiger charge is -2.08. The molecule has 0 saturated heterocycles. The summed E-state index contributed by atoms with van der Waals surface area (Å²) in [6, 6.07) is 20.8. The summed E-state index contributed by atoms with van der Waals surface area (Å²) in [5.41, 5.74) is 3.93. The quantitative estimate of drug-likeness (QED) is 0.604. The predicted octanol–water partition coefficient (Wildman–Crippen LogP) is 4.46. The molecule has 3 rings (SSSR count). The van der Waals surface area contributed by atoms with Crippen molar-refractivity contribution in [1.29, 1.82) is 0 Å². The lowest BCUT2D eigenvalue weighted by molar-refractivity contribution is -0.114. The molecule has 0 heterocycles. The van der Waals surface area contributed by atoms with Gasteiger partial charge < -0.3 is 16.0 Å². The molecular weight excluding hydrogens is 366 g/mol. The third-order valence-electron chi connectivity index (χ3n) is 4.15. The lowest BCUT2D eigenvalue weighted by atomic mass is 10.1. The highest BCUT2D eigenvalue weighted by Crippen LogP contribution is 2.16. The molecule has 146 valence electrons. The van der Waals surface area contributed by atoms with Crippen molar-refractivity contribution >= 4 is 34.8 Å². The van der Waals surface area contributed by atoms with Crippen LogP contribution in [0.15, 0.2) is 72.8 Å². The van der Waals surface area contributed by atoms with Crippen molar-refractivity contribution in [3.8, 4) is 0 Å². The van der Waals surface area contributed by atoms with Gasteiger partial charge in [-0.1, -0.05) is 12.1 Å². The van der Waals surface area contributed by atoms with E-state index in [1.54, 1.807) is 48.5 Å². The summed E-state index contributed by atoms with van der Waals surface area (Å²) in [4.78, 5) is 35.8. The van der Waals surface area contributed by atoms with Crippen LogP contribution in [-0.4, -0.2) is 17.7 Å². The molecule has 3 N–H and O–H groups in total. The molecule has 0 radical (unpaired) electrons. The van der Waals surface area contributed by atoms with E-state index in [1.165, 1.54) is 6.92 Å². The topological polar surface area (TPSA) is 87.3 Å². The SMILES string of the molecule is CC(=O)Nc1ccc(NC(=O)c2ccc(C(=O)Nc3cccc(C)c3)cc2)cc1. The number of rotatable bonds is 5. The first kappa shape index (κ1) is 19.8. The van der Waals surface area contributed by atoms with Gasteiger partial charge in [-0.05, 0) is 73.2 Å². The highest BCUT2D eigenvalue weighted by Gasteiger charge is 2.10. The van der Waals surface area contributed by atoms with E-state index in [9.17, 15) is 14.4 Å². The number of nitrogens with one attached hydrogen (secondary N) is 3. The van der Waals surface area contributed by atoms with Crippen molar-refractivity contribution in [2.75, 3.05) is 16.0 Å². The minimum atomic E-state index is -0.289. The molecule has 0 atom stereocenters. The monoisotopic (exact) mass is 387 g/mol. The van der Waals surface area contributed by atoms with Gasteiger partial charge in [-0.2, -0.15) is 0 Å². The van der Waals surface area contributed by atoms with Crippen LogP contribution < -0.4 is 16.0 Å². The van der Waals surface area contributed by atoms with E-state index in [-0.39, 0.29) is 17.7 Å². The minimum absolute atomic E-state index is 0.159. The number of amides is 3. The van der Waals surface area contributed by atoms with Crippen LogP contribution in [0.2, 0.25) is 0 Å². The summed E-state index contributed by atoms with van der Waals surface area (Å²) in [6.45, 7) is 3.39. The van der Waals surface area contributed by atoms with E-state index in [2.05, 4.69) is 16.0 Å². The van der Waals surface area contributed by atoms with E-state index in [0.29, 0.717) is 22.5 Å². The first-order valence-corrected chi connectivity index (χ1v) is 9.08. The fourth-order valence-electron chi connectivity index (χ4n) is 2.74. The van der Waals surface area contributed by atoms with Crippen molar-refractivity contribution < 1.29 is 14.4 Å². The molecule has 0 aliphatic rings. The maximum Gasteiger partial charge on any atom is 0.255 e. The van der Waals surface area contributed by atoms with Crippen LogP contribution in [0.1, 0.15) is 33.2 Å². The van der Waals surface area contributed by atoms with E-state index in [4.69, 9.17) is 0 Å². The predicted molar refractivity (Wildman–Crippen MR) is 114 cm³/mol. The highest BCUT2D eigenvalue weighted by molar-refractivity contribution is 6.07. The molecule has 0 unspecified atom stereocenters. The fourth-order valence-corrected chi connectivity index (χ4v) is 2.74. The van der Waals surface area contributed by atoms with Gasteiger partial charge in [0, 0.05) is 35.1 Å². The summed E-state index contributed by atoms with van der Waals surface area (Å²) >= 11 is 0. The van der Waals surface area contributed by atoms with Gasteiger partial charge in [-0.3, -0.25) is 14.4 Å². The van der Waals surface area contributed by atoms with E-state index < -0.39 is 0 Å². The minimum Gasteiger partial charge on any atom is -0.326 e. The second-order valence-electron chi connectivity index (χ2n) is 6.61. The zero-order valence-corrected chi connectivity index (χ0v) is 16.2. The van der Waals surface area contributed by atoms with Crippen molar-refractivity contribution in [3.63, 3.8) is 0 Å². The standard InChI is InChI=1S/C23H21N3O3/c1-15-4-3-5-21(14-15)26-23(29)18-8-6-17(7-9-18)22(28)25-20-12-10-19(11-13-20)24-16(2)27/h3-14H,1-2H3,(H,24,27)(H,25,28)(H,26,29). The molecule has 0 bridgehead atoms. The van der Waals surface area contributed by atoms with Gasteiger partial charge >= 0.3 is 0 Å². The smallest absolute Gasteiger partial charge is 0.255 e. The van der Waals surface area contributed by atoms with Crippen LogP contribution in [0.3, 0.4) is 0 Å². The van der Waals surface area contributed by atoms with Crippen LogP contribution >= 0.6 is 0 Å². The molecule has 3 aromatic rings. The molecule has 3 amide bonds. The van der Waals surface area contributed by atoms with E-state index >= 15 is 0 Å². The summed E-state index contributed by atoms with van der Waals surface area (Å²) in [5.74, 6) is -0.688. The molecule has 29 heavy (non-hydrogen) atoms. The van der Waals surface area contributed by atoms with Crippen LogP contribution in [0.5, 0.6) is 0 Å². The van der Waals surface area contributed by atoms with Crippen LogP contribution in [0.25, 0.3) is 0 Å². The highest BCUT2D eigenvalue weighted by atomic mass is 16.2. The number of hydrogen-bond donors (Lipinski definition) is 3. The van der Waals surface area contributed by atoms with Crippen LogP contribution in [-0.2, 0) is 4.79 Å². The van der Waals surface area contributed by atoms with Gasteiger partial charge in [-0.25, -0.2) is 0 Å². The Morgan fingerprint density at radius 1 is 0.621 bits per heavy atom. The number of hydrogen-bond acceptors (Lipinski definition) is 3. The summed E-state index contributed by atoms with van der Waals surface area (Å²) in [5, 5.41) is 8.28. The molecule has 0 saturated carbocycles. The lowest BCUT2D eigenvalue weighted by Crippen LogP contribution is -2.14. The third kappa shape index (κ3) is 5.52. The maximum absolute atomic E-state index is 12.4. The summed E-state index contributed by atoms with van der Waals surface area (Å²) in [7, 11) is 0. The zero-order chi connectivity index (χ0) is 20.8. The first-order chi connectivity index (χ1) is 13.9. The molecule has 6 heteroatoms. The third-order valence-corrected chi connectivity index (χ3v) is 4.15. The number of carbonyl (C=O) groups excluding carboxylic acids is 3. The second-order valence-corrected chi connectivity index (χ2v) is 6.61. The average Bonchev–Trinajstić information content (AvgIpc) is 2.69. The summed E-state index contributed by atoms with van der Waals surface area (Å²) < 4.78 is 0. The number of benzene rings is 3. The molecule has 0 aliphatic carbocycles. The average molecular weight is 387 g/mol. The van der Waals surface area contributed by atoms with Crippen molar-refractivity contribution in [2.45, 2.75) is 13.8 Å². The van der Waals surface area contributed by atoms with Gasteiger partial charge in [0.05, 0.1) is 0 Å². The Labute approximate surface area is 169 Å². The second kappa shape index (κ2) is 8.84. The zero-order valence-electron chi connectivity index (χ0n) is 16.2. The van der Waals surface area contributed by atoms with E-state index in [0.717, 1.165) is 11.3 Å². The Morgan fingerprint density at radius 3 is 1.59 bits per heavy atom. The Bertz CT molecular complexity index is 1040. The van der Waals surface area contributed by atoms with Crippen molar-refractivity contribution in [2.24, 2.45) is 0 Å². The van der Waals surface area contributed by atoms with Crippen LogP contribution in [0, 0.1) is 6.92 Å². The van der Waals surface area contributed by atoms with Gasteiger partial charge in [0.15, 0.2) is 0 Å². The fraction of sp³-hybridized carbons (Fsp3) is 0.0870. The van der Waals surface area contributed by atoms with E-state index in [1.807, 2.05) is 31.2 Å². The summed E-state index contributed by atoms with van der Waals surface area (Å²) in [6.07, 6.45) is 0. The molecule has 0 fully saturated rings. The molecule has 0 aromatic heterocycles. The number of carbonyl (C=O) groups is 3. The number of aryl methyl sites for hydroxylation is 1. The Hall–Kier alpha value is -3.93. The first-order valence-electron chi connectivity index (χ1n) is 9.08. The largest absolute Gasteiger partial charge is 0.326 e. The Balaban J connectivity index is 1.62. The van der Waals surface area contributed by atoms with Gasteiger partial charge in [-0.15, -0.1) is 0 Å². The maximum atomic E-state index is 12.4. The molecule has 3 aromatic carbocycles. The van der Waals surface area contributed by atoms with Crippen molar-refractivity contribution in [1.82, 2.24) is 0 Å². The van der Waals surface area contributed by atoms with Crippen LogP contribution in [0.4, 0.5) is 17.1 Å². The van der Waals surface area contributed by atoms with Gasteiger partial charge in [0.2, 0.25) is 5.91 Å². The Kier molecular flexibility index (Phi) is 6.04.